The summed E-state index contributed by atoms with van der Waals surface area (Å²) in [6.07, 6.45) is 7.31. The van der Waals surface area contributed by atoms with E-state index in [0.717, 1.165) is 30.5 Å². The van der Waals surface area contributed by atoms with Crippen LogP contribution in [0.25, 0.3) is 11.2 Å². The number of imidazole rings is 1. The van der Waals surface area contributed by atoms with E-state index in [-0.39, 0.29) is 23.8 Å². The van der Waals surface area contributed by atoms with Crippen LogP contribution in [0.3, 0.4) is 0 Å². The summed E-state index contributed by atoms with van der Waals surface area (Å²) in [5.41, 5.74) is 8.30. The Hall–Kier alpha value is -3.20. The lowest BCUT2D eigenvalue weighted by Gasteiger charge is -2.31. The average Bonchev–Trinajstić information content (AvgIpc) is 3.14. The van der Waals surface area contributed by atoms with Gasteiger partial charge in [0.15, 0.2) is 11.2 Å². The summed E-state index contributed by atoms with van der Waals surface area (Å²) in [4.78, 5) is 37.5. The van der Waals surface area contributed by atoms with Crippen LogP contribution in [0.15, 0.2) is 45.8 Å². The lowest BCUT2D eigenvalue weighted by Crippen LogP contribution is -2.44. The molecule has 0 amide bonds. The van der Waals surface area contributed by atoms with E-state index in [2.05, 4.69) is 16.0 Å². The number of hydrogen-bond acceptors (Lipinski definition) is 6. The topological polar surface area (TPSA) is 104 Å². The molecule has 9 heteroatoms. The molecule has 0 spiro atoms. The number of nitrogens with two attached hydrogens (primary N) is 1. The van der Waals surface area contributed by atoms with Crippen molar-refractivity contribution >= 4 is 17.1 Å². The van der Waals surface area contributed by atoms with Crippen molar-refractivity contribution < 1.29 is 0 Å². The van der Waals surface area contributed by atoms with Crippen molar-refractivity contribution in [1.82, 2.24) is 23.7 Å². The van der Waals surface area contributed by atoms with Crippen molar-refractivity contribution in [3.05, 3.63) is 62.6 Å². The van der Waals surface area contributed by atoms with Crippen LogP contribution in [-0.4, -0.2) is 42.8 Å². The molecular weight excluding hydrogens is 394 g/mol. The maximum absolute atomic E-state index is 13.5. The van der Waals surface area contributed by atoms with Crippen molar-refractivity contribution in [2.45, 2.75) is 45.8 Å². The molecule has 1 aliphatic heterocycles. The first-order valence-corrected chi connectivity index (χ1v) is 10.6. The molecule has 2 N–H and O–H groups in total. The van der Waals surface area contributed by atoms with Gasteiger partial charge in [0.25, 0.3) is 5.56 Å². The first-order valence-electron chi connectivity index (χ1n) is 10.6. The van der Waals surface area contributed by atoms with Gasteiger partial charge in [-0.05, 0) is 44.4 Å². The quantitative estimate of drug-likeness (QED) is 0.619. The lowest BCUT2D eigenvalue weighted by atomic mass is 10.1. The van der Waals surface area contributed by atoms with Gasteiger partial charge in [0.1, 0.15) is 0 Å². The van der Waals surface area contributed by atoms with Gasteiger partial charge < -0.3 is 15.2 Å². The normalized spacial score (nSPS) is 16.6. The second kappa shape index (κ2) is 8.50. The van der Waals surface area contributed by atoms with Gasteiger partial charge in [-0.3, -0.25) is 18.9 Å². The van der Waals surface area contributed by atoms with E-state index in [0.29, 0.717) is 30.2 Å². The van der Waals surface area contributed by atoms with Gasteiger partial charge in [-0.1, -0.05) is 11.6 Å². The number of piperidine rings is 1. The number of pyridine rings is 1. The number of nitrogens with zero attached hydrogens (tertiary/aromatic N) is 6. The van der Waals surface area contributed by atoms with Gasteiger partial charge in [-0.2, -0.15) is 4.98 Å². The van der Waals surface area contributed by atoms with Crippen molar-refractivity contribution in [1.29, 1.82) is 0 Å². The van der Waals surface area contributed by atoms with Crippen LogP contribution in [-0.2, 0) is 20.1 Å². The highest BCUT2D eigenvalue weighted by Gasteiger charge is 2.26. The van der Waals surface area contributed by atoms with Crippen LogP contribution in [0.1, 0.15) is 32.3 Å². The van der Waals surface area contributed by atoms with Crippen LogP contribution in [0.4, 0.5) is 5.95 Å². The Balaban J connectivity index is 1.93. The smallest absolute Gasteiger partial charge is 0.332 e. The molecule has 3 aromatic rings. The Morgan fingerprint density at radius 2 is 1.97 bits per heavy atom. The maximum atomic E-state index is 13.5. The molecule has 0 radical (unpaired) electrons. The molecule has 4 rings (SSSR count). The van der Waals surface area contributed by atoms with Gasteiger partial charge in [-0.25, -0.2) is 4.79 Å². The molecule has 164 valence electrons. The molecule has 4 heterocycles. The third kappa shape index (κ3) is 4.05. The number of aromatic nitrogens is 5. The average molecular weight is 424 g/mol. The van der Waals surface area contributed by atoms with Crippen LogP contribution >= 0.6 is 0 Å². The van der Waals surface area contributed by atoms with Gasteiger partial charge in [0.05, 0.1) is 6.54 Å². The largest absolute Gasteiger partial charge is 0.341 e. The van der Waals surface area contributed by atoms with Gasteiger partial charge in [0, 0.05) is 45.1 Å². The number of anilines is 1. The number of hydrogen-bond donors (Lipinski definition) is 1. The summed E-state index contributed by atoms with van der Waals surface area (Å²) in [5.74, 6) is 0.691. The van der Waals surface area contributed by atoms with E-state index in [9.17, 15) is 9.59 Å². The number of aryl methyl sites for hydroxylation is 1. The molecule has 0 bridgehead atoms. The van der Waals surface area contributed by atoms with Crippen LogP contribution in [0.2, 0.25) is 0 Å². The predicted octanol–water partition coefficient (Wildman–Crippen LogP) is 1.23. The third-order valence-corrected chi connectivity index (χ3v) is 5.73. The second-order valence-corrected chi connectivity index (χ2v) is 8.41. The maximum Gasteiger partial charge on any atom is 0.332 e. The first kappa shape index (κ1) is 21.0. The Bertz CT molecular complexity index is 1230. The van der Waals surface area contributed by atoms with Gasteiger partial charge in [0.2, 0.25) is 5.95 Å². The van der Waals surface area contributed by atoms with Crippen LogP contribution in [0, 0.1) is 0 Å². The Labute approximate surface area is 180 Å². The molecule has 1 unspecified atom stereocenters. The van der Waals surface area contributed by atoms with E-state index in [1.807, 2.05) is 18.4 Å². The molecule has 31 heavy (non-hydrogen) atoms. The minimum absolute atomic E-state index is 0.0673. The van der Waals surface area contributed by atoms with Gasteiger partial charge in [-0.15, -0.1) is 0 Å². The molecule has 0 aromatic carbocycles. The fourth-order valence-electron chi connectivity index (χ4n) is 4.05. The first-order chi connectivity index (χ1) is 14.9. The molecule has 1 atom stereocenters. The zero-order valence-corrected chi connectivity index (χ0v) is 18.3. The molecule has 3 aromatic heterocycles. The van der Waals surface area contributed by atoms with E-state index in [1.165, 1.54) is 9.13 Å². The summed E-state index contributed by atoms with van der Waals surface area (Å²) in [6.45, 7) is 6.23. The summed E-state index contributed by atoms with van der Waals surface area (Å²) in [6, 6.07) is 3.67. The van der Waals surface area contributed by atoms with E-state index in [4.69, 9.17) is 10.7 Å². The number of rotatable bonds is 5. The fraction of sp³-hybridized carbons (Fsp3) is 0.455. The van der Waals surface area contributed by atoms with Crippen molar-refractivity contribution in [3.8, 4) is 0 Å². The Kier molecular flexibility index (Phi) is 5.77. The highest BCUT2D eigenvalue weighted by Crippen LogP contribution is 2.23. The van der Waals surface area contributed by atoms with E-state index in [1.54, 1.807) is 31.6 Å². The van der Waals surface area contributed by atoms with E-state index >= 15 is 0 Å². The second-order valence-electron chi connectivity index (χ2n) is 8.41. The van der Waals surface area contributed by atoms with Crippen LogP contribution in [0.5, 0.6) is 0 Å². The zero-order chi connectivity index (χ0) is 22.1. The monoisotopic (exact) mass is 423 g/mol. The highest BCUT2D eigenvalue weighted by atomic mass is 16.2. The summed E-state index contributed by atoms with van der Waals surface area (Å²) < 4.78 is 4.65. The molecule has 0 saturated carbocycles. The van der Waals surface area contributed by atoms with Crippen molar-refractivity contribution in [3.63, 3.8) is 0 Å². The highest BCUT2D eigenvalue weighted by molar-refractivity contribution is 5.74. The summed E-state index contributed by atoms with van der Waals surface area (Å²) >= 11 is 0. The molecule has 9 nitrogen and oxygen atoms in total. The molecule has 1 saturated heterocycles. The van der Waals surface area contributed by atoms with Crippen molar-refractivity contribution in [2.24, 2.45) is 12.8 Å². The minimum atomic E-state index is -0.386. The van der Waals surface area contributed by atoms with Crippen molar-refractivity contribution in [2.75, 3.05) is 18.0 Å². The Morgan fingerprint density at radius 1 is 1.23 bits per heavy atom. The summed E-state index contributed by atoms with van der Waals surface area (Å²) in [7, 11) is 1.66. The molecular formula is C22H29N7O2. The minimum Gasteiger partial charge on any atom is -0.341 e. The third-order valence-electron chi connectivity index (χ3n) is 5.73. The molecule has 1 fully saturated rings. The van der Waals surface area contributed by atoms with E-state index < -0.39 is 0 Å². The zero-order valence-electron chi connectivity index (χ0n) is 18.3. The van der Waals surface area contributed by atoms with Gasteiger partial charge >= 0.3 is 5.69 Å². The fourth-order valence-corrected chi connectivity index (χ4v) is 4.05. The number of allylic oxidation sites excluding steroid dienone is 2. The summed E-state index contributed by atoms with van der Waals surface area (Å²) in [5, 5.41) is 0. The molecule has 0 aliphatic carbocycles. The standard InChI is InChI=1S/C22H29N7O2/c1-15(2)8-12-28-18-19(25-21(28)27-11-4-5-17(23)14-27)26(3)22(31)29(20(18)30)13-16-6-9-24-10-7-16/h6-10,17H,4-5,11-14,23H2,1-3H3. The predicted molar refractivity (Wildman–Crippen MR) is 121 cm³/mol. The number of fused-ring (bicyclic) bond motifs is 1. The SMILES string of the molecule is CC(C)=CCn1c(N2CCCC(N)C2)nc2c1c(=O)n(Cc1ccncc1)c(=O)n2C. The van der Waals surface area contributed by atoms with Crippen LogP contribution < -0.4 is 21.9 Å². The molecule has 1 aliphatic rings. The lowest BCUT2D eigenvalue weighted by molar-refractivity contribution is 0.495. The Morgan fingerprint density at radius 3 is 2.65 bits per heavy atom.